The third kappa shape index (κ3) is 5.66. The summed E-state index contributed by atoms with van der Waals surface area (Å²) in [6.07, 6.45) is 2.22. The number of nitrogens with one attached hydrogen (secondary N) is 1. The Morgan fingerprint density at radius 2 is 2.36 bits per heavy atom. The maximum Gasteiger partial charge on any atom is 0.257 e. The highest BCUT2D eigenvalue weighted by Crippen LogP contribution is 2.15. The number of amides is 1. The van der Waals surface area contributed by atoms with E-state index in [4.69, 9.17) is 4.74 Å². The van der Waals surface area contributed by atoms with Crippen LogP contribution in [0.2, 0.25) is 0 Å². The van der Waals surface area contributed by atoms with E-state index < -0.39 is 0 Å². The van der Waals surface area contributed by atoms with Crippen molar-refractivity contribution in [2.45, 2.75) is 19.8 Å². The molecule has 0 saturated carbocycles. The smallest absolute Gasteiger partial charge is 0.257 e. The van der Waals surface area contributed by atoms with Crippen LogP contribution in [-0.4, -0.2) is 55.3 Å². The van der Waals surface area contributed by atoms with Crippen molar-refractivity contribution in [3.8, 4) is 5.75 Å². The van der Waals surface area contributed by atoms with E-state index >= 15 is 0 Å². The Morgan fingerprint density at radius 1 is 1.50 bits per heavy atom. The molecule has 0 radical (unpaired) electrons. The van der Waals surface area contributed by atoms with Gasteiger partial charge in [0.1, 0.15) is 5.75 Å². The Morgan fingerprint density at radius 3 is 3.14 bits per heavy atom. The number of likely N-dealkylation sites (tertiary alicyclic amines) is 1. The van der Waals surface area contributed by atoms with E-state index in [-0.39, 0.29) is 19.1 Å². The summed E-state index contributed by atoms with van der Waals surface area (Å²) in [7, 11) is 0. The molecule has 0 aliphatic carbocycles. The van der Waals surface area contributed by atoms with Crippen molar-refractivity contribution in [2.24, 2.45) is 5.92 Å². The van der Waals surface area contributed by atoms with Crippen molar-refractivity contribution < 1.29 is 14.6 Å². The van der Waals surface area contributed by atoms with Crippen LogP contribution in [0.3, 0.4) is 0 Å². The number of hydrogen-bond donors (Lipinski definition) is 2. The molecule has 1 heterocycles. The summed E-state index contributed by atoms with van der Waals surface area (Å²) in [6, 6.07) is 7.67. The zero-order valence-corrected chi connectivity index (χ0v) is 13.3. The molecule has 2 N–H and O–H groups in total. The summed E-state index contributed by atoms with van der Waals surface area (Å²) < 4.78 is 5.47. The van der Waals surface area contributed by atoms with Gasteiger partial charge in [0, 0.05) is 26.2 Å². The molecule has 1 fully saturated rings. The fraction of sp³-hybridized carbons (Fsp3) is 0.588. The lowest BCUT2D eigenvalue weighted by atomic mass is 9.99. The number of piperidine rings is 1. The summed E-state index contributed by atoms with van der Waals surface area (Å²) >= 11 is 0. The highest BCUT2D eigenvalue weighted by molar-refractivity contribution is 5.77. The number of nitrogens with zero attached hydrogens (tertiary/aromatic N) is 1. The van der Waals surface area contributed by atoms with Gasteiger partial charge in [-0.15, -0.1) is 0 Å². The van der Waals surface area contributed by atoms with Gasteiger partial charge < -0.3 is 20.1 Å². The summed E-state index contributed by atoms with van der Waals surface area (Å²) in [5.41, 5.74) is 1.11. The van der Waals surface area contributed by atoms with Crippen molar-refractivity contribution in [3.05, 3.63) is 29.8 Å². The van der Waals surface area contributed by atoms with Crippen molar-refractivity contribution in [2.75, 3.05) is 39.4 Å². The molecule has 5 heteroatoms. The summed E-state index contributed by atoms with van der Waals surface area (Å²) in [4.78, 5) is 14.1. The average Bonchev–Trinajstić information content (AvgIpc) is 2.53. The number of hydrogen-bond acceptors (Lipinski definition) is 4. The first-order chi connectivity index (χ1) is 10.7. The predicted molar refractivity (Wildman–Crippen MR) is 85.9 cm³/mol. The molecule has 1 aromatic carbocycles. The molecular weight excluding hydrogens is 280 g/mol. The molecule has 1 aromatic rings. The van der Waals surface area contributed by atoms with E-state index in [0.29, 0.717) is 12.5 Å². The lowest BCUT2D eigenvalue weighted by Gasteiger charge is -2.31. The van der Waals surface area contributed by atoms with Crippen LogP contribution >= 0.6 is 0 Å². The lowest BCUT2D eigenvalue weighted by Crippen LogP contribution is -2.42. The number of carbonyl (C=O) groups is 1. The van der Waals surface area contributed by atoms with Crippen LogP contribution in [0.4, 0.5) is 0 Å². The van der Waals surface area contributed by atoms with Gasteiger partial charge in [0.25, 0.3) is 5.91 Å². The molecule has 22 heavy (non-hydrogen) atoms. The van der Waals surface area contributed by atoms with E-state index in [9.17, 15) is 9.90 Å². The van der Waals surface area contributed by atoms with Crippen molar-refractivity contribution in [3.63, 3.8) is 0 Å². The molecule has 0 bridgehead atoms. The fourth-order valence-electron chi connectivity index (χ4n) is 2.76. The minimum atomic E-state index is -0.0998. The molecule has 1 atom stereocenters. The molecule has 1 saturated heterocycles. The van der Waals surface area contributed by atoms with Crippen LogP contribution in [0.1, 0.15) is 18.4 Å². The first-order valence-corrected chi connectivity index (χ1v) is 7.97. The third-order valence-electron chi connectivity index (χ3n) is 3.97. The van der Waals surface area contributed by atoms with Gasteiger partial charge >= 0.3 is 0 Å². The van der Waals surface area contributed by atoms with Crippen molar-refractivity contribution in [1.82, 2.24) is 10.2 Å². The van der Waals surface area contributed by atoms with Gasteiger partial charge in [-0.25, -0.2) is 0 Å². The highest BCUT2D eigenvalue weighted by atomic mass is 16.5. The van der Waals surface area contributed by atoms with Crippen LogP contribution in [0, 0.1) is 12.8 Å². The fourth-order valence-corrected chi connectivity index (χ4v) is 2.76. The topological polar surface area (TPSA) is 61.8 Å². The van der Waals surface area contributed by atoms with Crippen LogP contribution in [0.25, 0.3) is 0 Å². The van der Waals surface area contributed by atoms with Gasteiger partial charge in [-0.2, -0.15) is 0 Å². The lowest BCUT2D eigenvalue weighted by molar-refractivity contribution is -0.123. The Bertz CT molecular complexity index is 479. The molecule has 1 aliphatic heterocycles. The van der Waals surface area contributed by atoms with E-state index in [0.717, 1.165) is 43.8 Å². The molecule has 0 aromatic heterocycles. The molecule has 122 valence electrons. The molecule has 0 spiro atoms. The Balaban J connectivity index is 1.61. The minimum Gasteiger partial charge on any atom is -0.484 e. The number of benzene rings is 1. The molecule has 1 amide bonds. The monoisotopic (exact) mass is 306 g/mol. The number of ether oxygens (including phenoxy) is 1. The van der Waals surface area contributed by atoms with Gasteiger partial charge in [-0.1, -0.05) is 12.1 Å². The molecular formula is C17H26N2O3. The molecule has 1 aliphatic rings. The zero-order valence-electron chi connectivity index (χ0n) is 13.3. The van der Waals surface area contributed by atoms with E-state index in [1.54, 1.807) is 0 Å². The standard InChI is InChI=1S/C17H26N2O3/c1-14-4-2-6-16(10-14)22-13-17(21)18-7-9-19-8-3-5-15(11-19)12-20/h2,4,6,10,15,20H,3,5,7-9,11-13H2,1H3,(H,18,21). The Hall–Kier alpha value is -1.59. The second-order valence-corrected chi connectivity index (χ2v) is 5.95. The normalized spacial score (nSPS) is 18.9. The predicted octanol–water partition coefficient (Wildman–Crippen LogP) is 1.19. The Labute approximate surface area is 132 Å². The van der Waals surface area contributed by atoms with Gasteiger partial charge in [0.2, 0.25) is 0 Å². The highest BCUT2D eigenvalue weighted by Gasteiger charge is 2.18. The Kier molecular flexibility index (Phi) is 6.68. The number of aliphatic hydroxyl groups is 1. The number of aryl methyl sites for hydroxylation is 1. The van der Waals surface area contributed by atoms with Gasteiger partial charge in [-0.3, -0.25) is 4.79 Å². The van der Waals surface area contributed by atoms with Gasteiger partial charge in [0.15, 0.2) is 6.61 Å². The first-order valence-electron chi connectivity index (χ1n) is 7.97. The quantitative estimate of drug-likeness (QED) is 0.794. The second kappa shape index (κ2) is 8.76. The summed E-state index contributed by atoms with van der Waals surface area (Å²) in [5, 5.41) is 12.1. The van der Waals surface area contributed by atoms with Crippen LogP contribution in [0.5, 0.6) is 5.75 Å². The van der Waals surface area contributed by atoms with Gasteiger partial charge in [-0.05, 0) is 49.9 Å². The number of aliphatic hydroxyl groups excluding tert-OH is 1. The molecule has 5 nitrogen and oxygen atoms in total. The molecule has 2 rings (SSSR count). The van der Waals surface area contributed by atoms with Crippen molar-refractivity contribution >= 4 is 5.91 Å². The van der Waals surface area contributed by atoms with E-state index in [2.05, 4.69) is 10.2 Å². The number of rotatable bonds is 7. The maximum absolute atomic E-state index is 11.8. The SMILES string of the molecule is Cc1cccc(OCC(=O)NCCN2CCCC(CO)C2)c1. The first kappa shape index (κ1) is 16.8. The summed E-state index contributed by atoms with van der Waals surface area (Å²) in [5.74, 6) is 1.00. The summed E-state index contributed by atoms with van der Waals surface area (Å²) in [6.45, 7) is 5.71. The zero-order chi connectivity index (χ0) is 15.8. The van der Waals surface area contributed by atoms with Crippen LogP contribution in [0.15, 0.2) is 24.3 Å². The maximum atomic E-state index is 11.8. The van der Waals surface area contributed by atoms with E-state index in [1.807, 2.05) is 31.2 Å². The molecule has 1 unspecified atom stereocenters. The minimum absolute atomic E-state index is 0.0444. The average molecular weight is 306 g/mol. The van der Waals surface area contributed by atoms with Crippen LogP contribution < -0.4 is 10.1 Å². The van der Waals surface area contributed by atoms with Crippen LogP contribution in [-0.2, 0) is 4.79 Å². The van der Waals surface area contributed by atoms with Gasteiger partial charge in [0.05, 0.1) is 0 Å². The van der Waals surface area contributed by atoms with Crippen molar-refractivity contribution in [1.29, 1.82) is 0 Å². The van der Waals surface area contributed by atoms with E-state index in [1.165, 1.54) is 0 Å². The third-order valence-corrected chi connectivity index (χ3v) is 3.97. The largest absolute Gasteiger partial charge is 0.484 e. The number of carbonyl (C=O) groups excluding carboxylic acids is 1. The second-order valence-electron chi connectivity index (χ2n) is 5.95.